The van der Waals surface area contributed by atoms with Crippen molar-refractivity contribution in [1.82, 2.24) is 10.2 Å². The Labute approximate surface area is 95.3 Å². The monoisotopic (exact) mass is 264 g/mol. The first-order chi connectivity index (χ1) is 7.18. The normalized spacial score (nSPS) is 10.3. The number of aromatic nitrogens is 2. The number of nitrogens with one attached hydrogen (secondary N) is 1. The summed E-state index contributed by atoms with van der Waals surface area (Å²) in [6.45, 7) is 2.01. The summed E-state index contributed by atoms with van der Waals surface area (Å²) in [6, 6.07) is 9.08. The van der Waals surface area contributed by atoms with Crippen molar-refractivity contribution >= 4 is 15.9 Å². The standard InChI is InChI=1S/C11H9BrN2O/c1-7-8(3-2-4-9(7)12)10-5-6-11(15)14-13-10/h2-6H,1H3,(H,14,15). The van der Waals surface area contributed by atoms with E-state index in [9.17, 15) is 4.79 Å². The predicted molar refractivity (Wildman–Crippen MR) is 62.7 cm³/mol. The van der Waals surface area contributed by atoms with Gasteiger partial charge < -0.3 is 0 Å². The van der Waals surface area contributed by atoms with Crippen molar-refractivity contribution in [3.8, 4) is 11.3 Å². The molecule has 4 heteroatoms. The number of hydrogen-bond acceptors (Lipinski definition) is 2. The molecule has 2 aromatic rings. The van der Waals surface area contributed by atoms with Crippen LogP contribution in [0.25, 0.3) is 11.3 Å². The number of benzene rings is 1. The Morgan fingerprint density at radius 3 is 2.73 bits per heavy atom. The average molecular weight is 265 g/mol. The van der Waals surface area contributed by atoms with Crippen molar-refractivity contribution in [3.05, 3.63) is 50.7 Å². The average Bonchev–Trinajstić information content (AvgIpc) is 2.24. The van der Waals surface area contributed by atoms with Crippen LogP contribution in [-0.2, 0) is 0 Å². The summed E-state index contributed by atoms with van der Waals surface area (Å²) >= 11 is 3.46. The first-order valence-electron chi connectivity index (χ1n) is 4.50. The third-order valence-corrected chi connectivity index (χ3v) is 3.08. The predicted octanol–water partition coefficient (Wildman–Crippen LogP) is 2.51. The van der Waals surface area contributed by atoms with Crippen LogP contribution >= 0.6 is 15.9 Å². The molecule has 1 N–H and O–H groups in total. The van der Waals surface area contributed by atoms with Crippen LogP contribution in [0.15, 0.2) is 39.6 Å². The van der Waals surface area contributed by atoms with Gasteiger partial charge in [-0.1, -0.05) is 28.1 Å². The van der Waals surface area contributed by atoms with Crippen LogP contribution in [0.3, 0.4) is 0 Å². The molecule has 0 saturated heterocycles. The molecule has 0 atom stereocenters. The van der Waals surface area contributed by atoms with Gasteiger partial charge in [-0.3, -0.25) is 4.79 Å². The van der Waals surface area contributed by atoms with Gasteiger partial charge in [-0.25, -0.2) is 5.10 Å². The lowest BCUT2D eigenvalue weighted by Gasteiger charge is -2.05. The lowest BCUT2D eigenvalue weighted by molar-refractivity contribution is 0.994. The van der Waals surface area contributed by atoms with E-state index in [4.69, 9.17) is 0 Å². The molecule has 0 fully saturated rings. The van der Waals surface area contributed by atoms with Crippen LogP contribution in [0, 0.1) is 6.92 Å². The molecule has 76 valence electrons. The highest BCUT2D eigenvalue weighted by atomic mass is 79.9. The van der Waals surface area contributed by atoms with Crippen LogP contribution in [0.1, 0.15) is 5.56 Å². The zero-order valence-corrected chi connectivity index (χ0v) is 9.71. The van der Waals surface area contributed by atoms with Crippen LogP contribution in [0.4, 0.5) is 0 Å². The van der Waals surface area contributed by atoms with Crippen molar-refractivity contribution in [2.75, 3.05) is 0 Å². The Morgan fingerprint density at radius 2 is 2.07 bits per heavy atom. The van der Waals surface area contributed by atoms with Crippen LogP contribution in [0.2, 0.25) is 0 Å². The van der Waals surface area contributed by atoms with Gasteiger partial charge in [0.1, 0.15) is 0 Å². The van der Waals surface area contributed by atoms with Crippen molar-refractivity contribution in [2.45, 2.75) is 6.92 Å². The first-order valence-corrected chi connectivity index (χ1v) is 5.29. The number of halogens is 1. The molecule has 0 aliphatic carbocycles. The molecular weight excluding hydrogens is 256 g/mol. The highest BCUT2D eigenvalue weighted by Gasteiger charge is 2.05. The summed E-state index contributed by atoms with van der Waals surface area (Å²) in [5, 5.41) is 6.42. The zero-order valence-electron chi connectivity index (χ0n) is 8.12. The van der Waals surface area contributed by atoms with Gasteiger partial charge in [-0.15, -0.1) is 0 Å². The summed E-state index contributed by atoms with van der Waals surface area (Å²) in [5.74, 6) is 0. The molecule has 0 spiro atoms. The molecule has 0 saturated carbocycles. The summed E-state index contributed by atoms with van der Waals surface area (Å²) < 4.78 is 1.04. The lowest BCUT2D eigenvalue weighted by atomic mass is 10.1. The smallest absolute Gasteiger partial charge is 0.264 e. The number of rotatable bonds is 1. The van der Waals surface area contributed by atoms with Crippen molar-refractivity contribution in [2.24, 2.45) is 0 Å². The van der Waals surface area contributed by atoms with Crippen LogP contribution in [-0.4, -0.2) is 10.2 Å². The molecule has 0 unspecified atom stereocenters. The van der Waals surface area contributed by atoms with Gasteiger partial charge in [-0.05, 0) is 24.6 Å². The van der Waals surface area contributed by atoms with E-state index in [2.05, 4.69) is 26.1 Å². The summed E-state index contributed by atoms with van der Waals surface area (Å²) in [5.41, 5.74) is 2.71. The summed E-state index contributed by atoms with van der Waals surface area (Å²) in [7, 11) is 0. The molecule has 0 aliphatic heterocycles. The summed E-state index contributed by atoms with van der Waals surface area (Å²) in [6.07, 6.45) is 0. The van der Waals surface area contributed by atoms with Gasteiger partial charge in [0.15, 0.2) is 0 Å². The highest BCUT2D eigenvalue weighted by Crippen LogP contribution is 2.26. The molecule has 1 aromatic carbocycles. The molecule has 1 aromatic heterocycles. The second-order valence-electron chi connectivity index (χ2n) is 3.22. The van der Waals surface area contributed by atoms with E-state index in [-0.39, 0.29) is 5.56 Å². The van der Waals surface area contributed by atoms with Gasteiger partial charge in [0.2, 0.25) is 0 Å². The zero-order chi connectivity index (χ0) is 10.8. The maximum absolute atomic E-state index is 10.9. The fourth-order valence-corrected chi connectivity index (χ4v) is 1.75. The molecule has 3 nitrogen and oxygen atoms in total. The molecule has 0 radical (unpaired) electrons. The Hall–Kier alpha value is -1.42. The van der Waals surface area contributed by atoms with E-state index in [0.717, 1.165) is 21.3 Å². The highest BCUT2D eigenvalue weighted by molar-refractivity contribution is 9.10. The molecular formula is C11H9BrN2O. The van der Waals surface area contributed by atoms with E-state index in [0.29, 0.717) is 0 Å². The Morgan fingerprint density at radius 1 is 1.27 bits per heavy atom. The molecule has 2 rings (SSSR count). The fraction of sp³-hybridized carbons (Fsp3) is 0.0909. The largest absolute Gasteiger partial charge is 0.268 e. The Kier molecular flexibility index (Phi) is 2.68. The van der Waals surface area contributed by atoms with E-state index in [1.54, 1.807) is 6.07 Å². The van der Waals surface area contributed by atoms with E-state index in [1.807, 2.05) is 25.1 Å². The molecule has 0 aliphatic rings. The second-order valence-corrected chi connectivity index (χ2v) is 4.07. The maximum atomic E-state index is 10.9. The molecule has 0 amide bonds. The van der Waals surface area contributed by atoms with Gasteiger partial charge in [0.25, 0.3) is 5.56 Å². The Balaban J connectivity index is 2.59. The minimum absolute atomic E-state index is 0.189. The fourth-order valence-electron chi connectivity index (χ4n) is 1.38. The molecule has 1 heterocycles. The van der Waals surface area contributed by atoms with Gasteiger partial charge in [0.05, 0.1) is 5.69 Å². The van der Waals surface area contributed by atoms with Gasteiger partial charge >= 0.3 is 0 Å². The minimum atomic E-state index is -0.189. The number of nitrogens with zero attached hydrogens (tertiary/aromatic N) is 1. The molecule has 0 bridgehead atoms. The molecule has 15 heavy (non-hydrogen) atoms. The van der Waals surface area contributed by atoms with Crippen molar-refractivity contribution in [3.63, 3.8) is 0 Å². The number of hydrogen-bond donors (Lipinski definition) is 1. The minimum Gasteiger partial charge on any atom is -0.268 e. The van der Waals surface area contributed by atoms with Gasteiger partial charge in [0, 0.05) is 16.1 Å². The van der Waals surface area contributed by atoms with E-state index in [1.165, 1.54) is 6.07 Å². The first kappa shape index (κ1) is 10.1. The van der Waals surface area contributed by atoms with Crippen molar-refractivity contribution < 1.29 is 0 Å². The third-order valence-electron chi connectivity index (χ3n) is 2.22. The van der Waals surface area contributed by atoms with Gasteiger partial charge in [-0.2, -0.15) is 5.10 Å². The van der Waals surface area contributed by atoms with E-state index >= 15 is 0 Å². The third kappa shape index (κ3) is 1.99. The quantitative estimate of drug-likeness (QED) is 0.861. The summed E-state index contributed by atoms with van der Waals surface area (Å²) in [4.78, 5) is 10.9. The maximum Gasteiger partial charge on any atom is 0.264 e. The van der Waals surface area contributed by atoms with E-state index < -0.39 is 0 Å². The lowest BCUT2D eigenvalue weighted by Crippen LogP contribution is -2.05. The number of aromatic amines is 1. The van der Waals surface area contributed by atoms with Crippen LogP contribution < -0.4 is 5.56 Å². The SMILES string of the molecule is Cc1c(Br)cccc1-c1ccc(=O)[nH]n1. The second kappa shape index (κ2) is 3.98. The van der Waals surface area contributed by atoms with Crippen LogP contribution in [0.5, 0.6) is 0 Å². The topological polar surface area (TPSA) is 45.8 Å². The number of H-pyrrole nitrogens is 1. The van der Waals surface area contributed by atoms with Crippen molar-refractivity contribution in [1.29, 1.82) is 0 Å². The Bertz CT molecular complexity index is 528.